The van der Waals surface area contributed by atoms with Gasteiger partial charge in [0.15, 0.2) is 0 Å². The Bertz CT molecular complexity index is 511. The lowest BCUT2D eigenvalue weighted by molar-refractivity contribution is 0.0694. The quantitative estimate of drug-likeness (QED) is 0.858. The molecule has 82 valence electrons. The molecule has 0 saturated heterocycles. The lowest BCUT2D eigenvalue weighted by Gasteiger charge is -2.01. The summed E-state index contributed by atoms with van der Waals surface area (Å²) in [6, 6.07) is 9.42. The molecule has 1 N–H and O–H groups in total. The predicted molar refractivity (Wildman–Crippen MR) is 59.7 cm³/mol. The van der Waals surface area contributed by atoms with Crippen molar-refractivity contribution < 1.29 is 14.3 Å². The Kier molecular flexibility index (Phi) is 2.77. The third-order valence-electron chi connectivity index (χ3n) is 2.42. The lowest BCUT2D eigenvalue weighted by atomic mass is 10.1. The smallest absolute Gasteiger partial charge is 0.339 e. The summed E-state index contributed by atoms with van der Waals surface area (Å²) < 4.78 is 5.19. The minimum atomic E-state index is -0.948. The average Bonchev–Trinajstić information content (AvgIpc) is 2.66. The molecule has 0 amide bonds. The molecule has 0 bridgehead atoms. The van der Waals surface area contributed by atoms with Crippen LogP contribution in [0.3, 0.4) is 0 Å². The van der Waals surface area contributed by atoms with Crippen molar-refractivity contribution in [2.45, 2.75) is 13.3 Å². The van der Waals surface area contributed by atoms with Crippen LogP contribution in [-0.2, 0) is 6.42 Å². The molecule has 0 aliphatic rings. The predicted octanol–water partition coefficient (Wildman–Crippen LogP) is 2.88. The summed E-state index contributed by atoms with van der Waals surface area (Å²) >= 11 is 0. The second-order valence-electron chi connectivity index (χ2n) is 3.73. The third-order valence-corrected chi connectivity index (χ3v) is 2.42. The largest absolute Gasteiger partial charge is 0.478 e. The number of aryl methyl sites for hydroxylation is 1. The van der Waals surface area contributed by atoms with Crippen LogP contribution in [-0.4, -0.2) is 11.1 Å². The summed E-state index contributed by atoms with van der Waals surface area (Å²) in [6.45, 7) is 2.00. The van der Waals surface area contributed by atoms with Crippen LogP contribution in [0.25, 0.3) is 0 Å². The summed E-state index contributed by atoms with van der Waals surface area (Å²) in [5.74, 6) is -0.450. The van der Waals surface area contributed by atoms with E-state index in [1.165, 1.54) is 12.3 Å². The molecule has 1 aromatic heterocycles. The zero-order valence-electron chi connectivity index (χ0n) is 8.93. The van der Waals surface area contributed by atoms with Crippen LogP contribution in [0.2, 0.25) is 0 Å². The molecule has 3 nitrogen and oxygen atoms in total. The van der Waals surface area contributed by atoms with Gasteiger partial charge >= 0.3 is 5.97 Å². The number of rotatable bonds is 3. The molecule has 0 unspecified atom stereocenters. The monoisotopic (exact) mass is 216 g/mol. The van der Waals surface area contributed by atoms with Crippen molar-refractivity contribution >= 4 is 5.97 Å². The molecule has 0 spiro atoms. The first-order valence-corrected chi connectivity index (χ1v) is 5.02. The van der Waals surface area contributed by atoms with E-state index < -0.39 is 5.97 Å². The van der Waals surface area contributed by atoms with Crippen molar-refractivity contribution in [2.24, 2.45) is 0 Å². The van der Waals surface area contributed by atoms with Crippen LogP contribution >= 0.6 is 0 Å². The summed E-state index contributed by atoms with van der Waals surface area (Å²) in [5, 5.41) is 8.93. The van der Waals surface area contributed by atoms with Crippen LogP contribution in [0.5, 0.6) is 0 Å². The number of carbonyl (C=O) groups is 1. The SMILES string of the molecule is Cc1cccc(Cc2occc2C(=O)O)c1. The molecule has 0 aliphatic heterocycles. The number of aromatic carboxylic acids is 1. The first kappa shape index (κ1) is 10.5. The van der Waals surface area contributed by atoms with Gasteiger partial charge in [0.25, 0.3) is 0 Å². The van der Waals surface area contributed by atoms with E-state index >= 15 is 0 Å². The van der Waals surface area contributed by atoms with E-state index in [0.29, 0.717) is 12.2 Å². The molecular formula is C13H12O3. The van der Waals surface area contributed by atoms with E-state index in [0.717, 1.165) is 11.1 Å². The highest BCUT2D eigenvalue weighted by atomic mass is 16.4. The number of hydrogen-bond acceptors (Lipinski definition) is 2. The number of benzene rings is 1. The summed E-state index contributed by atoms with van der Waals surface area (Å²) in [4.78, 5) is 10.9. The molecule has 0 atom stereocenters. The van der Waals surface area contributed by atoms with Gasteiger partial charge in [-0.25, -0.2) is 4.79 Å². The van der Waals surface area contributed by atoms with Gasteiger partial charge in [-0.2, -0.15) is 0 Å². The van der Waals surface area contributed by atoms with E-state index in [9.17, 15) is 4.79 Å². The molecule has 1 aromatic carbocycles. The molecule has 0 saturated carbocycles. The van der Waals surface area contributed by atoms with Gasteiger partial charge in [0.05, 0.1) is 6.26 Å². The van der Waals surface area contributed by atoms with Crippen molar-refractivity contribution in [3.8, 4) is 0 Å². The number of carboxylic acid groups (broad SMARTS) is 1. The van der Waals surface area contributed by atoms with Crippen LogP contribution in [0.4, 0.5) is 0 Å². The standard InChI is InChI=1S/C13H12O3/c1-9-3-2-4-10(7-9)8-12-11(13(14)15)5-6-16-12/h2-7H,8H2,1H3,(H,14,15). The fourth-order valence-electron chi connectivity index (χ4n) is 1.68. The number of furan rings is 1. The van der Waals surface area contributed by atoms with Gasteiger partial charge < -0.3 is 9.52 Å². The molecule has 0 radical (unpaired) electrons. The van der Waals surface area contributed by atoms with E-state index in [-0.39, 0.29) is 5.56 Å². The molecule has 2 aromatic rings. The van der Waals surface area contributed by atoms with Gasteiger partial charge in [-0.15, -0.1) is 0 Å². The fourth-order valence-corrected chi connectivity index (χ4v) is 1.68. The summed E-state index contributed by atoms with van der Waals surface area (Å²) in [7, 11) is 0. The van der Waals surface area contributed by atoms with Crippen molar-refractivity contribution in [3.05, 3.63) is 59.0 Å². The maximum absolute atomic E-state index is 10.9. The second-order valence-corrected chi connectivity index (χ2v) is 3.73. The maximum atomic E-state index is 10.9. The van der Waals surface area contributed by atoms with Crippen molar-refractivity contribution in [1.82, 2.24) is 0 Å². The first-order chi connectivity index (χ1) is 7.66. The Labute approximate surface area is 93.3 Å². The fraction of sp³-hybridized carbons (Fsp3) is 0.154. The van der Waals surface area contributed by atoms with Crippen LogP contribution in [0, 0.1) is 6.92 Å². The third kappa shape index (κ3) is 2.14. The highest BCUT2D eigenvalue weighted by molar-refractivity contribution is 5.88. The van der Waals surface area contributed by atoms with Gasteiger partial charge in [-0.05, 0) is 18.6 Å². The normalized spacial score (nSPS) is 10.3. The lowest BCUT2D eigenvalue weighted by Crippen LogP contribution is -1.99. The van der Waals surface area contributed by atoms with Gasteiger partial charge in [0.1, 0.15) is 11.3 Å². The maximum Gasteiger partial charge on any atom is 0.339 e. The molecule has 0 aliphatic carbocycles. The van der Waals surface area contributed by atoms with Gasteiger partial charge in [0.2, 0.25) is 0 Å². The Morgan fingerprint density at radius 2 is 2.19 bits per heavy atom. The van der Waals surface area contributed by atoms with Crippen molar-refractivity contribution in [2.75, 3.05) is 0 Å². The van der Waals surface area contributed by atoms with E-state index in [1.807, 2.05) is 31.2 Å². The van der Waals surface area contributed by atoms with Crippen molar-refractivity contribution in [3.63, 3.8) is 0 Å². The Balaban J connectivity index is 2.27. The number of hydrogen-bond donors (Lipinski definition) is 1. The van der Waals surface area contributed by atoms with E-state index in [2.05, 4.69) is 0 Å². The minimum absolute atomic E-state index is 0.238. The van der Waals surface area contributed by atoms with Gasteiger partial charge in [-0.1, -0.05) is 29.8 Å². The van der Waals surface area contributed by atoms with E-state index in [1.54, 1.807) is 0 Å². The van der Waals surface area contributed by atoms with Crippen LogP contribution in [0.15, 0.2) is 41.0 Å². The van der Waals surface area contributed by atoms with Crippen LogP contribution in [0.1, 0.15) is 27.2 Å². The second kappa shape index (κ2) is 4.23. The zero-order chi connectivity index (χ0) is 11.5. The topological polar surface area (TPSA) is 50.4 Å². The zero-order valence-corrected chi connectivity index (χ0v) is 8.93. The van der Waals surface area contributed by atoms with Crippen molar-refractivity contribution in [1.29, 1.82) is 0 Å². The summed E-state index contributed by atoms with van der Waals surface area (Å²) in [6.07, 6.45) is 1.92. The highest BCUT2D eigenvalue weighted by Crippen LogP contribution is 2.16. The minimum Gasteiger partial charge on any atom is -0.478 e. The molecule has 3 heteroatoms. The molecular weight excluding hydrogens is 204 g/mol. The van der Waals surface area contributed by atoms with E-state index in [4.69, 9.17) is 9.52 Å². The van der Waals surface area contributed by atoms with Gasteiger partial charge in [-0.3, -0.25) is 0 Å². The molecule has 1 heterocycles. The van der Waals surface area contributed by atoms with Crippen LogP contribution < -0.4 is 0 Å². The van der Waals surface area contributed by atoms with Gasteiger partial charge in [0, 0.05) is 6.42 Å². The molecule has 2 rings (SSSR count). The molecule has 16 heavy (non-hydrogen) atoms. The Hall–Kier alpha value is -2.03. The number of carboxylic acids is 1. The summed E-state index contributed by atoms with van der Waals surface area (Å²) in [5.41, 5.74) is 2.44. The molecule has 0 fully saturated rings. The average molecular weight is 216 g/mol. The highest BCUT2D eigenvalue weighted by Gasteiger charge is 2.13. The first-order valence-electron chi connectivity index (χ1n) is 5.02. The Morgan fingerprint density at radius 1 is 1.38 bits per heavy atom. The Morgan fingerprint density at radius 3 is 2.88 bits per heavy atom.